The number of nitrogens with one attached hydrogen (secondary N) is 1. The highest BCUT2D eigenvalue weighted by Gasteiger charge is 2.22. The Kier molecular flexibility index (Phi) is 4.10. The molecular weight excluding hydrogens is 274 g/mol. The predicted octanol–water partition coefficient (Wildman–Crippen LogP) is 3.53. The van der Waals surface area contributed by atoms with E-state index in [-0.39, 0.29) is 12.1 Å². The molecule has 3 rings (SSSR count). The van der Waals surface area contributed by atoms with Crippen LogP contribution in [-0.2, 0) is 19.5 Å². The monoisotopic (exact) mass is 299 g/mol. The average molecular weight is 299 g/mol. The molecule has 1 aromatic heterocycles. The lowest BCUT2D eigenvalue weighted by molar-refractivity contribution is 0.193. The summed E-state index contributed by atoms with van der Waals surface area (Å²) in [6.07, 6.45) is 4.13. The summed E-state index contributed by atoms with van der Waals surface area (Å²) in [5, 5.41) is 4.43. The molecule has 4 nitrogen and oxygen atoms in total. The summed E-state index contributed by atoms with van der Waals surface area (Å²) < 4.78 is 2.31. The zero-order chi connectivity index (χ0) is 15.7. The number of benzene rings is 1. The molecule has 1 N–H and O–H groups in total. The molecule has 4 heteroatoms. The van der Waals surface area contributed by atoms with Gasteiger partial charge in [0.2, 0.25) is 0 Å². The SMILES string of the molecule is CC[C@@H](C)NC(=O)N1CCc2cn(CC)c3cccc(c23)C1. The molecular formula is C18H25N3O. The van der Waals surface area contributed by atoms with E-state index in [1.807, 2.05) is 4.90 Å². The summed E-state index contributed by atoms with van der Waals surface area (Å²) in [6, 6.07) is 6.71. The Morgan fingerprint density at radius 1 is 1.32 bits per heavy atom. The maximum atomic E-state index is 12.4. The summed E-state index contributed by atoms with van der Waals surface area (Å²) in [5.74, 6) is 0. The molecule has 0 radical (unpaired) electrons. The normalized spacial score (nSPS) is 15.7. The smallest absolute Gasteiger partial charge is 0.317 e. The molecule has 0 saturated carbocycles. The second-order valence-corrected chi connectivity index (χ2v) is 6.18. The lowest BCUT2D eigenvalue weighted by atomic mass is 10.1. The number of amides is 2. The number of carbonyl (C=O) groups excluding carboxylic acids is 1. The molecule has 1 atom stereocenters. The standard InChI is InChI=1S/C18H25N3O/c1-4-13(3)19-18(22)21-10-9-15-11-20(5-2)16-8-6-7-14(12-21)17(15)16/h6-8,11,13H,4-5,9-10,12H2,1-3H3,(H,19,22)/t13-/m1/s1. The van der Waals surface area contributed by atoms with Crippen LogP contribution in [0.1, 0.15) is 38.3 Å². The number of rotatable bonds is 3. The third-order valence-corrected chi connectivity index (χ3v) is 4.69. The van der Waals surface area contributed by atoms with Gasteiger partial charge >= 0.3 is 6.03 Å². The van der Waals surface area contributed by atoms with Crippen LogP contribution in [0.4, 0.5) is 4.79 Å². The first-order valence-corrected chi connectivity index (χ1v) is 8.29. The fourth-order valence-corrected chi connectivity index (χ4v) is 3.22. The van der Waals surface area contributed by atoms with Gasteiger partial charge in [0.25, 0.3) is 0 Å². The summed E-state index contributed by atoms with van der Waals surface area (Å²) in [6.45, 7) is 8.77. The molecule has 22 heavy (non-hydrogen) atoms. The zero-order valence-electron chi connectivity index (χ0n) is 13.7. The Hall–Kier alpha value is -1.97. The molecule has 1 aliphatic heterocycles. The van der Waals surface area contributed by atoms with E-state index in [9.17, 15) is 4.79 Å². The molecule has 0 saturated heterocycles. The maximum absolute atomic E-state index is 12.4. The van der Waals surface area contributed by atoms with Gasteiger partial charge in [-0.15, -0.1) is 0 Å². The van der Waals surface area contributed by atoms with Gasteiger partial charge in [-0.05, 0) is 43.9 Å². The van der Waals surface area contributed by atoms with Crippen LogP contribution in [0.3, 0.4) is 0 Å². The Bertz CT molecular complexity index is 689. The number of nitrogens with zero attached hydrogens (tertiary/aromatic N) is 2. The van der Waals surface area contributed by atoms with Crippen LogP contribution >= 0.6 is 0 Å². The molecule has 0 aliphatic carbocycles. The average Bonchev–Trinajstić information content (AvgIpc) is 2.78. The van der Waals surface area contributed by atoms with E-state index in [0.717, 1.165) is 25.9 Å². The van der Waals surface area contributed by atoms with Crippen LogP contribution in [0.15, 0.2) is 24.4 Å². The third kappa shape index (κ3) is 2.58. The Balaban J connectivity index is 1.91. The number of aromatic nitrogens is 1. The van der Waals surface area contributed by atoms with Crippen LogP contribution in [0.2, 0.25) is 0 Å². The van der Waals surface area contributed by atoms with Gasteiger partial charge in [0, 0.05) is 42.8 Å². The van der Waals surface area contributed by atoms with Crippen molar-refractivity contribution in [3.05, 3.63) is 35.5 Å². The van der Waals surface area contributed by atoms with Crippen LogP contribution in [0.5, 0.6) is 0 Å². The number of hydrogen-bond donors (Lipinski definition) is 1. The minimum Gasteiger partial charge on any atom is -0.347 e. The van der Waals surface area contributed by atoms with E-state index in [0.29, 0.717) is 6.54 Å². The van der Waals surface area contributed by atoms with Gasteiger partial charge in [0.15, 0.2) is 0 Å². The van der Waals surface area contributed by atoms with Crippen molar-refractivity contribution in [2.45, 2.75) is 52.7 Å². The molecule has 0 spiro atoms. The quantitative estimate of drug-likeness (QED) is 0.925. The first-order valence-electron chi connectivity index (χ1n) is 8.29. The lowest BCUT2D eigenvalue weighted by Crippen LogP contribution is -2.43. The first-order chi connectivity index (χ1) is 10.6. The topological polar surface area (TPSA) is 37.3 Å². The van der Waals surface area contributed by atoms with Crippen molar-refractivity contribution in [3.63, 3.8) is 0 Å². The Morgan fingerprint density at radius 2 is 2.14 bits per heavy atom. The van der Waals surface area contributed by atoms with Crippen LogP contribution in [-0.4, -0.2) is 28.1 Å². The summed E-state index contributed by atoms with van der Waals surface area (Å²) in [5.41, 5.74) is 3.92. The summed E-state index contributed by atoms with van der Waals surface area (Å²) in [7, 11) is 0. The zero-order valence-corrected chi connectivity index (χ0v) is 13.7. The van der Waals surface area contributed by atoms with Crippen LogP contribution < -0.4 is 5.32 Å². The first kappa shape index (κ1) is 14.9. The minimum absolute atomic E-state index is 0.0554. The molecule has 0 fully saturated rings. The maximum Gasteiger partial charge on any atom is 0.317 e. The highest BCUT2D eigenvalue weighted by molar-refractivity contribution is 5.88. The van der Waals surface area contributed by atoms with Crippen molar-refractivity contribution in [1.82, 2.24) is 14.8 Å². The molecule has 1 aromatic carbocycles. The lowest BCUT2D eigenvalue weighted by Gasteiger charge is -2.24. The molecule has 0 bridgehead atoms. The van der Waals surface area contributed by atoms with Crippen molar-refractivity contribution in [1.29, 1.82) is 0 Å². The van der Waals surface area contributed by atoms with E-state index >= 15 is 0 Å². The minimum atomic E-state index is 0.0554. The van der Waals surface area contributed by atoms with Gasteiger partial charge in [0.1, 0.15) is 0 Å². The van der Waals surface area contributed by atoms with Gasteiger partial charge < -0.3 is 14.8 Å². The Labute approximate surface area is 132 Å². The fourth-order valence-electron chi connectivity index (χ4n) is 3.22. The van der Waals surface area contributed by atoms with E-state index in [4.69, 9.17) is 0 Å². The van der Waals surface area contributed by atoms with Crippen LogP contribution in [0, 0.1) is 0 Å². The molecule has 2 aromatic rings. The molecule has 0 unspecified atom stereocenters. The highest BCUT2D eigenvalue weighted by Crippen LogP contribution is 2.29. The largest absolute Gasteiger partial charge is 0.347 e. The van der Waals surface area contributed by atoms with E-state index < -0.39 is 0 Å². The van der Waals surface area contributed by atoms with Crippen molar-refractivity contribution < 1.29 is 4.79 Å². The number of aryl methyl sites for hydroxylation is 1. The van der Waals surface area contributed by atoms with Gasteiger partial charge in [-0.3, -0.25) is 0 Å². The third-order valence-electron chi connectivity index (χ3n) is 4.69. The van der Waals surface area contributed by atoms with Crippen LogP contribution in [0.25, 0.3) is 10.9 Å². The van der Waals surface area contributed by atoms with Gasteiger partial charge in [-0.1, -0.05) is 19.1 Å². The van der Waals surface area contributed by atoms with Crippen molar-refractivity contribution in [2.75, 3.05) is 6.54 Å². The van der Waals surface area contributed by atoms with E-state index in [1.165, 1.54) is 22.0 Å². The Morgan fingerprint density at radius 3 is 2.86 bits per heavy atom. The summed E-state index contributed by atoms with van der Waals surface area (Å²) in [4.78, 5) is 14.4. The number of urea groups is 1. The molecule has 118 valence electrons. The van der Waals surface area contributed by atoms with E-state index in [2.05, 4.69) is 55.1 Å². The molecule has 2 amide bonds. The molecule has 1 aliphatic rings. The van der Waals surface area contributed by atoms with Crippen molar-refractivity contribution in [3.8, 4) is 0 Å². The van der Waals surface area contributed by atoms with Gasteiger partial charge in [-0.25, -0.2) is 4.79 Å². The number of hydrogen-bond acceptors (Lipinski definition) is 1. The van der Waals surface area contributed by atoms with Gasteiger partial charge in [-0.2, -0.15) is 0 Å². The molecule has 2 heterocycles. The van der Waals surface area contributed by atoms with Crippen molar-refractivity contribution in [2.24, 2.45) is 0 Å². The number of carbonyl (C=O) groups is 1. The second kappa shape index (κ2) is 6.03. The van der Waals surface area contributed by atoms with E-state index in [1.54, 1.807) is 0 Å². The highest BCUT2D eigenvalue weighted by atomic mass is 16.2. The predicted molar refractivity (Wildman–Crippen MR) is 90.0 cm³/mol. The second-order valence-electron chi connectivity index (χ2n) is 6.18. The fraction of sp³-hybridized carbons (Fsp3) is 0.500. The van der Waals surface area contributed by atoms with Crippen molar-refractivity contribution >= 4 is 16.9 Å². The summed E-state index contributed by atoms with van der Waals surface area (Å²) >= 11 is 0. The van der Waals surface area contributed by atoms with Gasteiger partial charge in [0.05, 0.1) is 0 Å².